The Morgan fingerprint density at radius 2 is 1.97 bits per heavy atom. The molecule has 1 aromatic rings. The molecule has 0 spiro atoms. The van der Waals surface area contributed by atoms with Gasteiger partial charge in [-0.1, -0.05) is 0 Å². The number of alkyl halides is 5. The molecule has 0 bridgehead atoms. The van der Waals surface area contributed by atoms with Gasteiger partial charge in [0.15, 0.2) is 6.04 Å². The second-order valence-electron chi connectivity index (χ2n) is 7.48. The van der Waals surface area contributed by atoms with Crippen LogP contribution < -0.4 is 16.0 Å². The number of benzene rings is 1. The minimum atomic E-state index is -4.70. The zero-order chi connectivity index (χ0) is 23.6. The van der Waals surface area contributed by atoms with Gasteiger partial charge in [0.2, 0.25) is 5.91 Å². The number of nitrogens with zero attached hydrogens (tertiary/aromatic N) is 2. The number of primary amides is 1. The Labute approximate surface area is 179 Å². The number of anilines is 2. The second kappa shape index (κ2) is 9.36. The van der Waals surface area contributed by atoms with E-state index in [9.17, 15) is 36.3 Å². The van der Waals surface area contributed by atoms with E-state index in [2.05, 4.69) is 5.32 Å². The SMILES string of the molecule is NC(=O)[C@@H](C(=O)Nc1ccc(N2CCOCC2=O)cc1C(F)F)N(CC(F)(F)F)C1CC1. The van der Waals surface area contributed by atoms with Crippen molar-refractivity contribution in [2.24, 2.45) is 5.73 Å². The highest BCUT2D eigenvalue weighted by Gasteiger charge is 2.46. The zero-order valence-electron chi connectivity index (χ0n) is 16.7. The first kappa shape index (κ1) is 23.9. The molecule has 1 aromatic carbocycles. The molecule has 1 aliphatic carbocycles. The van der Waals surface area contributed by atoms with Gasteiger partial charge in [-0.3, -0.25) is 19.3 Å². The van der Waals surface area contributed by atoms with Gasteiger partial charge in [-0.05, 0) is 31.0 Å². The average molecular weight is 464 g/mol. The van der Waals surface area contributed by atoms with Crippen molar-refractivity contribution in [1.29, 1.82) is 0 Å². The molecule has 3 amide bonds. The Kier molecular flexibility index (Phi) is 6.98. The fourth-order valence-electron chi connectivity index (χ4n) is 3.49. The van der Waals surface area contributed by atoms with Crippen molar-refractivity contribution in [3.05, 3.63) is 23.8 Å². The fourth-order valence-corrected chi connectivity index (χ4v) is 3.49. The predicted molar refractivity (Wildman–Crippen MR) is 102 cm³/mol. The first-order valence-corrected chi connectivity index (χ1v) is 9.71. The maximum atomic E-state index is 13.7. The summed E-state index contributed by atoms with van der Waals surface area (Å²) in [7, 11) is 0. The molecule has 13 heteroatoms. The van der Waals surface area contributed by atoms with Crippen molar-refractivity contribution >= 4 is 29.1 Å². The topological polar surface area (TPSA) is 105 Å². The molecular formula is C19H21F5N4O4. The highest BCUT2D eigenvalue weighted by atomic mass is 19.4. The lowest BCUT2D eigenvalue weighted by Crippen LogP contribution is -2.55. The monoisotopic (exact) mass is 464 g/mol. The number of hydrogen-bond donors (Lipinski definition) is 2. The molecule has 176 valence electrons. The van der Waals surface area contributed by atoms with Gasteiger partial charge in [0.25, 0.3) is 18.2 Å². The van der Waals surface area contributed by atoms with Crippen molar-refractivity contribution in [1.82, 2.24) is 4.90 Å². The van der Waals surface area contributed by atoms with E-state index in [1.54, 1.807) is 0 Å². The molecule has 1 aliphatic heterocycles. The van der Waals surface area contributed by atoms with Crippen molar-refractivity contribution in [3.8, 4) is 0 Å². The van der Waals surface area contributed by atoms with Crippen molar-refractivity contribution < 1.29 is 41.1 Å². The quantitative estimate of drug-likeness (QED) is 0.451. The van der Waals surface area contributed by atoms with Crippen LogP contribution in [0.4, 0.5) is 33.3 Å². The molecule has 32 heavy (non-hydrogen) atoms. The maximum absolute atomic E-state index is 13.7. The number of hydrogen-bond acceptors (Lipinski definition) is 5. The summed E-state index contributed by atoms with van der Waals surface area (Å²) in [4.78, 5) is 38.4. The molecule has 1 saturated heterocycles. The molecule has 2 aliphatic rings. The first-order valence-electron chi connectivity index (χ1n) is 9.71. The van der Waals surface area contributed by atoms with E-state index >= 15 is 0 Å². The third-order valence-corrected chi connectivity index (χ3v) is 5.05. The summed E-state index contributed by atoms with van der Waals surface area (Å²) in [6.07, 6.45) is -7.09. The Morgan fingerprint density at radius 3 is 2.50 bits per heavy atom. The summed E-state index contributed by atoms with van der Waals surface area (Å²) in [5.74, 6) is -3.01. The summed E-state index contributed by atoms with van der Waals surface area (Å²) < 4.78 is 71.2. The van der Waals surface area contributed by atoms with E-state index in [0.29, 0.717) is 17.7 Å². The number of carbonyl (C=O) groups is 3. The van der Waals surface area contributed by atoms with Crippen molar-refractivity contribution in [2.75, 3.05) is 36.5 Å². The van der Waals surface area contributed by atoms with Gasteiger partial charge in [0.05, 0.1) is 13.2 Å². The summed E-state index contributed by atoms with van der Waals surface area (Å²) in [5.41, 5.74) is 4.29. The normalized spacial score (nSPS) is 18.2. The summed E-state index contributed by atoms with van der Waals surface area (Å²) >= 11 is 0. The lowest BCUT2D eigenvalue weighted by atomic mass is 10.1. The van der Waals surface area contributed by atoms with Crippen LogP contribution in [0.15, 0.2) is 18.2 Å². The largest absolute Gasteiger partial charge is 0.401 e. The molecule has 2 fully saturated rings. The number of amides is 3. The molecule has 8 nitrogen and oxygen atoms in total. The number of nitrogens with one attached hydrogen (secondary N) is 1. The number of halogens is 5. The van der Waals surface area contributed by atoms with E-state index in [0.717, 1.165) is 12.1 Å². The Bertz CT molecular complexity index is 891. The highest BCUT2D eigenvalue weighted by Crippen LogP contribution is 2.34. The van der Waals surface area contributed by atoms with Crippen LogP contribution in [0.3, 0.4) is 0 Å². The fraction of sp³-hybridized carbons (Fsp3) is 0.526. The van der Waals surface area contributed by atoms with Crippen LogP contribution in [0.1, 0.15) is 24.8 Å². The van der Waals surface area contributed by atoms with Crippen LogP contribution >= 0.6 is 0 Å². The van der Waals surface area contributed by atoms with Gasteiger partial charge in [-0.2, -0.15) is 13.2 Å². The number of carbonyl (C=O) groups excluding carboxylic acids is 3. The first-order chi connectivity index (χ1) is 15.0. The van der Waals surface area contributed by atoms with Gasteiger partial charge in [-0.15, -0.1) is 0 Å². The van der Waals surface area contributed by atoms with Crippen molar-refractivity contribution in [3.63, 3.8) is 0 Å². The molecule has 3 N–H and O–H groups in total. The van der Waals surface area contributed by atoms with Gasteiger partial charge in [-0.25, -0.2) is 8.78 Å². The number of nitrogens with two attached hydrogens (primary N) is 1. The molecule has 1 atom stereocenters. The Hall–Kier alpha value is -2.80. The van der Waals surface area contributed by atoms with Gasteiger partial charge in [0, 0.05) is 29.5 Å². The van der Waals surface area contributed by atoms with Crippen molar-refractivity contribution in [2.45, 2.75) is 37.5 Å². The van der Waals surface area contributed by atoms with Crippen LogP contribution in [0.25, 0.3) is 0 Å². The number of morpholine rings is 1. The smallest absolute Gasteiger partial charge is 0.370 e. The lowest BCUT2D eigenvalue weighted by Gasteiger charge is -2.30. The molecule has 0 unspecified atom stereocenters. The maximum Gasteiger partial charge on any atom is 0.401 e. The minimum Gasteiger partial charge on any atom is -0.370 e. The molecule has 1 heterocycles. The third kappa shape index (κ3) is 5.71. The zero-order valence-corrected chi connectivity index (χ0v) is 16.7. The summed E-state index contributed by atoms with van der Waals surface area (Å²) in [6, 6.07) is 0.746. The number of ether oxygens (including phenoxy) is 1. The van der Waals surface area contributed by atoms with Crippen LogP contribution in [0.2, 0.25) is 0 Å². The average Bonchev–Trinajstić information content (AvgIpc) is 3.52. The standard InChI is InChI=1S/C19H21F5N4O4/c20-16(21)12-7-11(27-5-6-32-8-14(27)29)3-4-13(12)26-18(31)15(17(25)30)28(10-1-2-10)9-19(22,23)24/h3-4,7,10,15-16H,1-2,5-6,8-9H2,(H2,25,30)(H,26,31)/t15-/m0/s1. The van der Waals surface area contributed by atoms with E-state index in [4.69, 9.17) is 10.5 Å². The predicted octanol–water partition coefficient (Wildman–Crippen LogP) is 1.81. The lowest BCUT2D eigenvalue weighted by molar-refractivity contribution is -0.158. The highest BCUT2D eigenvalue weighted by molar-refractivity contribution is 6.10. The minimum absolute atomic E-state index is 0.144. The van der Waals surface area contributed by atoms with E-state index in [1.165, 1.54) is 11.0 Å². The van der Waals surface area contributed by atoms with Gasteiger partial charge in [0.1, 0.15) is 6.61 Å². The summed E-state index contributed by atoms with van der Waals surface area (Å²) in [6.45, 7) is -1.40. The second-order valence-corrected chi connectivity index (χ2v) is 7.48. The molecule has 0 radical (unpaired) electrons. The molecule has 0 aromatic heterocycles. The van der Waals surface area contributed by atoms with E-state index in [-0.39, 0.29) is 25.4 Å². The van der Waals surface area contributed by atoms with Gasteiger partial charge >= 0.3 is 6.18 Å². The van der Waals surface area contributed by atoms with E-state index < -0.39 is 60.2 Å². The Balaban J connectivity index is 1.85. The van der Waals surface area contributed by atoms with Crippen LogP contribution in [-0.2, 0) is 19.1 Å². The molecule has 3 rings (SSSR count). The van der Waals surface area contributed by atoms with Crippen LogP contribution in [0.5, 0.6) is 0 Å². The van der Waals surface area contributed by atoms with Crippen LogP contribution in [0, 0.1) is 0 Å². The van der Waals surface area contributed by atoms with E-state index in [1.807, 2.05) is 0 Å². The summed E-state index contributed by atoms with van der Waals surface area (Å²) in [5, 5.41) is 2.11. The molecule has 1 saturated carbocycles. The van der Waals surface area contributed by atoms with Crippen LogP contribution in [-0.4, -0.2) is 67.2 Å². The number of rotatable bonds is 8. The van der Waals surface area contributed by atoms with Gasteiger partial charge < -0.3 is 20.7 Å². The third-order valence-electron chi connectivity index (χ3n) is 5.05. The Morgan fingerprint density at radius 1 is 1.28 bits per heavy atom. The molecular weight excluding hydrogens is 443 g/mol.